The van der Waals surface area contributed by atoms with E-state index < -0.39 is 8.07 Å². The Morgan fingerprint density at radius 3 is 1.75 bits per heavy atom. The summed E-state index contributed by atoms with van der Waals surface area (Å²) in [6.07, 6.45) is 3.67. The number of nitrogens with zero attached hydrogens (tertiary/aromatic N) is 2. The van der Waals surface area contributed by atoms with Crippen molar-refractivity contribution in [2.45, 2.75) is 0 Å². The first-order valence-corrected chi connectivity index (χ1v) is 19.4. The molecule has 240 valence electrons. The van der Waals surface area contributed by atoms with E-state index in [0.29, 0.717) is 0 Å². The first-order valence-electron chi connectivity index (χ1n) is 17.4. The zero-order valence-electron chi connectivity index (χ0n) is 27.8. The number of para-hydroxylation sites is 1. The first-order chi connectivity index (χ1) is 25.3. The van der Waals surface area contributed by atoms with E-state index in [2.05, 4.69) is 185 Å². The molecule has 3 nitrogen and oxygen atoms in total. The predicted octanol–water partition coefficient (Wildman–Crippen LogP) is 9.12. The lowest BCUT2D eigenvalue weighted by Crippen LogP contribution is -2.74. The number of hydrogen-bond acceptors (Lipinski definition) is 2. The zero-order chi connectivity index (χ0) is 33.8. The summed E-state index contributed by atoms with van der Waals surface area (Å²) in [7, 11) is -2.65. The van der Waals surface area contributed by atoms with Crippen molar-refractivity contribution in [2.75, 3.05) is 0 Å². The SMILES string of the molecule is c1ccc([Si](c2ccccc2)(c2ccccc2)c2cccc(-c3ccc4c(c3)c3ccccc3n4-c3ccc4oc5ccncc5c4c3)c2)cc1. The molecule has 3 aromatic heterocycles. The van der Waals surface area contributed by atoms with Gasteiger partial charge in [0.15, 0.2) is 8.07 Å². The molecule has 51 heavy (non-hydrogen) atoms. The average Bonchev–Trinajstić information content (AvgIpc) is 3.75. The Kier molecular flexibility index (Phi) is 6.83. The molecule has 0 fully saturated rings. The van der Waals surface area contributed by atoms with E-state index in [9.17, 15) is 0 Å². The van der Waals surface area contributed by atoms with E-state index in [4.69, 9.17) is 4.42 Å². The number of aromatic nitrogens is 2. The summed E-state index contributed by atoms with van der Waals surface area (Å²) in [5, 5.41) is 10.0. The highest BCUT2D eigenvalue weighted by atomic mass is 28.3. The molecule has 0 saturated heterocycles. The van der Waals surface area contributed by atoms with E-state index in [1.165, 1.54) is 53.7 Å². The fourth-order valence-electron chi connectivity index (χ4n) is 8.18. The van der Waals surface area contributed by atoms with Crippen LogP contribution >= 0.6 is 0 Å². The second-order valence-corrected chi connectivity index (χ2v) is 17.0. The number of fused-ring (bicyclic) bond motifs is 6. The second kappa shape index (κ2) is 11.8. The minimum atomic E-state index is -2.65. The van der Waals surface area contributed by atoms with Gasteiger partial charge >= 0.3 is 0 Å². The number of furan rings is 1. The van der Waals surface area contributed by atoms with Crippen LogP contribution in [0.2, 0.25) is 0 Å². The molecular formula is C47H32N2OSi. The third kappa shape index (κ3) is 4.61. The molecule has 0 N–H and O–H groups in total. The smallest absolute Gasteiger partial charge is 0.179 e. The summed E-state index contributed by atoms with van der Waals surface area (Å²) >= 11 is 0. The van der Waals surface area contributed by atoms with Gasteiger partial charge < -0.3 is 8.98 Å². The monoisotopic (exact) mass is 668 g/mol. The third-order valence-electron chi connectivity index (χ3n) is 10.4. The Balaban J connectivity index is 1.17. The minimum Gasteiger partial charge on any atom is -0.456 e. The van der Waals surface area contributed by atoms with Crippen LogP contribution in [-0.4, -0.2) is 17.6 Å². The third-order valence-corrected chi connectivity index (χ3v) is 15.2. The largest absolute Gasteiger partial charge is 0.456 e. The fourth-order valence-corrected chi connectivity index (χ4v) is 13.0. The maximum absolute atomic E-state index is 6.14. The highest BCUT2D eigenvalue weighted by Gasteiger charge is 2.41. The molecule has 0 spiro atoms. The predicted molar refractivity (Wildman–Crippen MR) is 215 cm³/mol. The lowest BCUT2D eigenvalue weighted by molar-refractivity contribution is 0.668. The van der Waals surface area contributed by atoms with Crippen LogP contribution in [-0.2, 0) is 0 Å². The van der Waals surface area contributed by atoms with Crippen LogP contribution in [0.1, 0.15) is 0 Å². The molecule has 0 bridgehead atoms. The maximum atomic E-state index is 6.14. The molecule has 0 aliphatic rings. The Hall–Kier alpha value is -6.49. The molecule has 0 atom stereocenters. The summed E-state index contributed by atoms with van der Waals surface area (Å²) < 4.78 is 8.51. The number of rotatable bonds is 6. The molecule has 10 aromatic rings. The van der Waals surface area contributed by atoms with Gasteiger partial charge in [-0.25, -0.2) is 0 Å². The summed E-state index contributed by atoms with van der Waals surface area (Å²) in [5.41, 5.74) is 7.57. The van der Waals surface area contributed by atoms with Gasteiger partial charge in [0, 0.05) is 39.6 Å². The van der Waals surface area contributed by atoms with Gasteiger partial charge in [0.2, 0.25) is 0 Å². The van der Waals surface area contributed by atoms with Gasteiger partial charge in [0.1, 0.15) is 11.2 Å². The van der Waals surface area contributed by atoms with Crippen LogP contribution < -0.4 is 20.7 Å². The molecule has 0 amide bonds. The van der Waals surface area contributed by atoms with Crippen molar-refractivity contribution in [3.05, 3.63) is 194 Å². The molecule has 10 rings (SSSR count). The van der Waals surface area contributed by atoms with E-state index in [-0.39, 0.29) is 0 Å². The Labute approximate surface area is 296 Å². The van der Waals surface area contributed by atoms with Gasteiger partial charge in [0.25, 0.3) is 0 Å². The highest BCUT2D eigenvalue weighted by molar-refractivity contribution is 7.19. The average molecular weight is 669 g/mol. The molecule has 0 saturated carbocycles. The summed E-state index contributed by atoms with van der Waals surface area (Å²) in [6, 6.07) is 66.7. The van der Waals surface area contributed by atoms with Gasteiger partial charge in [-0.05, 0) is 74.3 Å². The van der Waals surface area contributed by atoms with Crippen LogP contribution in [0.25, 0.3) is 60.6 Å². The van der Waals surface area contributed by atoms with Crippen molar-refractivity contribution in [3.8, 4) is 16.8 Å². The first kappa shape index (κ1) is 29.4. The molecule has 7 aromatic carbocycles. The van der Waals surface area contributed by atoms with E-state index in [0.717, 1.165) is 27.6 Å². The topological polar surface area (TPSA) is 31.0 Å². The Morgan fingerprint density at radius 2 is 1.02 bits per heavy atom. The number of pyridine rings is 1. The molecular weight excluding hydrogens is 637 g/mol. The summed E-state index contributed by atoms with van der Waals surface area (Å²) in [4.78, 5) is 4.37. The number of hydrogen-bond donors (Lipinski definition) is 0. The Morgan fingerprint density at radius 1 is 0.412 bits per heavy atom. The summed E-state index contributed by atoms with van der Waals surface area (Å²) in [5.74, 6) is 0. The lowest BCUT2D eigenvalue weighted by Gasteiger charge is -2.34. The standard InChI is InChI=1S/C47H32N2OSi/c1-4-14-36(15-5-1)51(37-16-6-2-7-17-37,38-18-8-3-9-19-38)39-20-12-13-33(29-39)34-23-25-45-41(30-34)40-21-10-11-22-44(40)49(45)35-24-26-46-42(31-35)43-32-48-28-27-47(43)50-46/h1-32H. The molecule has 0 radical (unpaired) electrons. The zero-order valence-corrected chi connectivity index (χ0v) is 28.8. The lowest BCUT2D eigenvalue weighted by atomic mass is 10.0. The quantitative estimate of drug-likeness (QED) is 0.131. The maximum Gasteiger partial charge on any atom is 0.179 e. The molecule has 0 aliphatic heterocycles. The van der Waals surface area contributed by atoms with Gasteiger partial charge in [-0.3, -0.25) is 4.98 Å². The minimum absolute atomic E-state index is 0.852. The number of benzene rings is 7. The van der Waals surface area contributed by atoms with Crippen molar-refractivity contribution >= 4 is 72.6 Å². The second-order valence-electron chi connectivity index (χ2n) is 13.2. The van der Waals surface area contributed by atoms with E-state index >= 15 is 0 Å². The molecule has 3 heterocycles. The normalized spacial score (nSPS) is 11.9. The van der Waals surface area contributed by atoms with E-state index in [1.54, 1.807) is 6.20 Å². The highest BCUT2D eigenvalue weighted by Crippen LogP contribution is 2.37. The van der Waals surface area contributed by atoms with Crippen molar-refractivity contribution < 1.29 is 4.42 Å². The van der Waals surface area contributed by atoms with Gasteiger partial charge in [0.05, 0.1) is 11.0 Å². The Bertz CT molecular complexity index is 2760. The van der Waals surface area contributed by atoms with Crippen molar-refractivity contribution in [1.29, 1.82) is 0 Å². The van der Waals surface area contributed by atoms with Crippen LogP contribution in [0.3, 0.4) is 0 Å². The van der Waals surface area contributed by atoms with Crippen molar-refractivity contribution in [3.63, 3.8) is 0 Å². The molecule has 0 unspecified atom stereocenters. The van der Waals surface area contributed by atoms with Crippen LogP contribution in [0.4, 0.5) is 0 Å². The van der Waals surface area contributed by atoms with Crippen LogP contribution in [0.15, 0.2) is 199 Å². The van der Waals surface area contributed by atoms with Crippen molar-refractivity contribution in [2.24, 2.45) is 0 Å². The summed E-state index contributed by atoms with van der Waals surface area (Å²) in [6.45, 7) is 0. The molecule has 0 aliphatic carbocycles. The van der Waals surface area contributed by atoms with Crippen LogP contribution in [0, 0.1) is 0 Å². The fraction of sp³-hybridized carbons (Fsp3) is 0. The van der Waals surface area contributed by atoms with Gasteiger partial charge in [-0.15, -0.1) is 0 Å². The van der Waals surface area contributed by atoms with Crippen molar-refractivity contribution in [1.82, 2.24) is 9.55 Å². The van der Waals surface area contributed by atoms with E-state index in [1.807, 2.05) is 12.3 Å². The van der Waals surface area contributed by atoms with Gasteiger partial charge in [-0.2, -0.15) is 0 Å². The van der Waals surface area contributed by atoms with Crippen LogP contribution in [0.5, 0.6) is 0 Å². The molecule has 4 heteroatoms. The van der Waals surface area contributed by atoms with Gasteiger partial charge in [-0.1, -0.05) is 140 Å².